The first-order valence-electron chi connectivity index (χ1n) is 3.80. The van der Waals surface area contributed by atoms with Crippen molar-refractivity contribution >= 4 is 27.3 Å². The van der Waals surface area contributed by atoms with Crippen LogP contribution in [0.5, 0.6) is 0 Å². The third-order valence-electron chi connectivity index (χ3n) is 1.65. The molecule has 0 saturated carbocycles. The predicted octanol–water partition coefficient (Wildman–Crippen LogP) is 3.28. The summed E-state index contributed by atoms with van der Waals surface area (Å²) in [5, 5.41) is 1.01. The lowest BCUT2D eigenvalue weighted by Gasteiger charge is -1.91. The van der Waals surface area contributed by atoms with Gasteiger partial charge < -0.3 is 0 Å². The first kappa shape index (κ1) is 8.84. The zero-order chi connectivity index (χ0) is 9.26. The molecule has 0 bridgehead atoms. The van der Waals surface area contributed by atoms with Gasteiger partial charge in [-0.2, -0.15) is 0 Å². The molecule has 66 valence electrons. The van der Waals surface area contributed by atoms with Crippen LogP contribution in [0.2, 0.25) is 0 Å². The molecule has 2 nitrogen and oxygen atoms in total. The average molecular weight is 255 g/mol. The van der Waals surface area contributed by atoms with Crippen LogP contribution in [0.1, 0.15) is 4.88 Å². The quantitative estimate of drug-likeness (QED) is 0.781. The molecule has 2 aromatic heterocycles. The molecule has 0 aliphatic heterocycles. The van der Waals surface area contributed by atoms with E-state index in [1.54, 1.807) is 17.5 Å². The standard InChI is InChI=1S/C9H7BrN2S/c1-6-8(10)12-9(13-6)7-3-2-4-11-5-7/h2-5H,1H3. The number of aromatic nitrogens is 2. The fourth-order valence-corrected chi connectivity index (χ4v) is 2.32. The van der Waals surface area contributed by atoms with Gasteiger partial charge in [0.2, 0.25) is 0 Å². The van der Waals surface area contributed by atoms with E-state index < -0.39 is 0 Å². The maximum Gasteiger partial charge on any atom is 0.126 e. The third-order valence-corrected chi connectivity index (χ3v) is 3.70. The van der Waals surface area contributed by atoms with Gasteiger partial charge in [0.1, 0.15) is 9.61 Å². The van der Waals surface area contributed by atoms with E-state index in [1.807, 2.05) is 25.3 Å². The van der Waals surface area contributed by atoms with Gasteiger partial charge in [-0.05, 0) is 35.0 Å². The van der Waals surface area contributed by atoms with Crippen LogP contribution in [-0.2, 0) is 0 Å². The van der Waals surface area contributed by atoms with E-state index in [2.05, 4.69) is 25.9 Å². The van der Waals surface area contributed by atoms with E-state index in [1.165, 1.54) is 4.88 Å². The second-order valence-corrected chi connectivity index (χ2v) is 4.56. The lowest BCUT2D eigenvalue weighted by molar-refractivity contribution is 1.29. The van der Waals surface area contributed by atoms with E-state index in [0.717, 1.165) is 15.2 Å². The summed E-state index contributed by atoms with van der Waals surface area (Å²) < 4.78 is 0.927. The van der Waals surface area contributed by atoms with Crippen LogP contribution >= 0.6 is 27.3 Å². The topological polar surface area (TPSA) is 25.8 Å². The van der Waals surface area contributed by atoms with Crippen molar-refractivity contribution in [1.82, 2.24) is 9.97 Å². The Kier molecular flexibility index (Phi) is 2.42. The number of halogens is 1. The van der Waals surface area contributed by atoms with Crippen molar-refractivity contribution in [2.45, 2.75) is 6.92 Å². The lowest BCUT2D eigenvalue weighted by atomic mass is 10.3. The Morgan fingerprint density at radius 1 is 1.46 bits per heavy atom. The van der Waals surface area contributed by atoms with Crippen LogP contribution in [0.25, 0.3) is 10.6 Å². The molecule has 4 heteroatoms. The van der Waals surface area contributed by atoms with E-state index >= 15 is 0 Å². The zero-order valence-corrected chi connectivity index (χ0v) is 9.39. The Balaban J connectivity index is 2.48. The molecule has 2 rings (SSSR count). The number of hydrogen-bond donors (Lipinski definition) is 0. The summed E-state index contributed by atoms with van der Waals surface area (Å²) in [6.45, 7) is 2.04. The minimum Gasteiger partial charge on any atom is -0.264 e. The van der Waals surface area contributed by atoms with Crippen LogP contribution < -0.4 is 0 Å². The van der Waals surface area contributed by atoms with Gasteiger partial charge in [-0.15, -0.1) is 11.3 Å². The van der Waals surface area contributed by atoms with Crippen molar-refractivity contribution in [2.75, 3.05) is 0 Å². The molecule has 2 aromatic rings. The number of pyridine rings is 1. The molecule has 13 heavy (non-hydrogen) atoms. The van der Waals surface area contributed by atoms with Crippen molar-refractivity contribution in [3.63, 3.8) is 0 Å². The van der Waals surface area contributed by atoms with Gasteiger partial charge in [-0.25, -0.2) is 4.98 Å². The molecule has 0 N–H and O–H groups in total. The van der Waals surface area contributed by atoms with Crippen molar-refractivity contribution in [3.8, 4) is 10.6 Å². The maximum atomic E-state index is 4.38. The molecule has 0 aliphatic carbocycles. The molecular weight excluding hydrogens is 248 g/mol. The first-order chi connectivity index (χ1) is 6.27. The number of nitrogens with zero attached hydrogens (tertiary/aromatic N) is 2. The Labute approximate surface area is 88.8 Å². The molecule has 0 aliphatic rings. The predicted molar refractivity (Wildman–Crippen MR) is 57.8 cm³/mol. The van der Waals surface area contributed by atoms with Gasteiger partial charge in [0, 0.05) is 22.8 Å². The third kappa shape index (κ3) is 1.78. The highest BCUT2D eigenvalue weighted by molar-refractivity contribution is 9.10. The van der Waals surface area contributed by atoms with Crippen LogP contribution in [0, 0.1) is 6.92 Å². The highest BCUT2D eigenvalue weighted by atomic mass is 79.9. The van der Waals surface area contributed by atoms with Crippen LogP contribution in [0.3, 0.4) is 0 Å². The van der Waals surface area contributed by atoms with Crippen molar-refractivity contribution in [1.29, 1.82) is 0 Å². The monoisotopic (exact) mass is 254 g/mol. The highest BCUT2D eigenvalue weighted by Crippen LogP contribution is 2.29. The molecule has 0 saturated heterocycles. The van der Waals surface area contributed by atoms with Gasteiger partial charge in [-0.1, -0.05) is 0 Å². The van der Waals surface area contributed by atoms with Crippen molar-refractivity contribution in [3.05, 3.63) is 34.0 Å². The van der Waals surface area contributed by atoms with Gasteiger partial charge in [0.15, 0.2) is 0 Å². The number of aryl methyl sites for hydroxylation is 1. The fraction of sp³-hybridized carbons (Fsp3) is 0.111. The molecule has 0 atom stereocenters. The maximum absolute atomic E-state index is 4.38. The van der Waals surface area contributed by atoms with Gasteiger partial charge in [0.05, 0.1) is 0 Å². The van der Waals surface area contributed by atoms with Crippen LogP contribution in [0.4, 0.5) is 0 Å². The average Bonchev–Trinajstić information content (AvgIpc) is 2.49. The Bertz CT molecular complexity index is 391. The lowest BCUT2D eigenvalue weighted by Crippen LogP contribution is -1.76. The molecule has 0 aromatic carbocycles. The normalized spacial score (nSPS) is 10.3. The van der Waals surface area contributed by atoms with Crippen molar-refractivity contribution < 1.29 is 0 Å². The molecule has 0 radical (unpaired) electrons. The molecule has 0 spiro atoms. The Morgan fingerprint density at radius 2 is 2.31 bits per heavy atom. The molecule has 2 heterocycles. The van der Waals surface area contributed by atoms with E-state index in [9.17, 15) is 0 Å². The summed E-state index contributed by atoms with van der Waals surface area (Å²) in [6, 6.07) is 3.93. The molecule has 0 fully saturated rings. The van der Waals surface area contributed by atoms with E-state index in [0.29, 0.717) is 0 Å². The van der Waals surface area contributed by atoms with Gasteiger partial charge >= 0.3 is 0 Å². The number of thiazole rings is 1. The minimum atomic E-state index is 0.927. The second kappa shape index (κ2) is 3.55. The first-order valence-corrected chi connectivity index (χ1v) is 5.41. The van der Waals surface area contributed by atoms with Crippen LogP contribution in [0.15, 0.2) is 29.1 Å². The molecule has 0 unspecified atom stereocenters. The molecular formula is C9H7BrN2S. The van der Waals surface area contributed by atoms with Gasteiger partial charge in [-0.3, -0.25) is 4.98 Å². The fourth-order valence-electron chi connectivity index (χ4n) is 0.991. The summed E-state index contributed by atoms with van der Waals surface area (Å²) in [4.78, 5) is 9.62. The van der Waals surface area contributed by atoms with Gasteiger partial charge in [0.25, 0.3) is 0 Å². The van der Waals surface area contributed by atoms with Crippen LogP contribution in [-0.4, -0.2) is 9.97 Å². The largest absolute Gasteiger partial charge is 0.264 e. The summed E-state index contributed by atoms with van der Waals surface area (Å²) in [5.74, 6) is 0. The van der Waals surface area contributed by atoms with E-state index in [-0.39, 0.29) is 0 Å². The highest BCUT2D eigenvalue weighted by Gasteiger charge is 2.06. The SMILES string of the molecule is Cc1sc(-c2cccnc2)nc1Br. The Morgan fingerprint density at radius 3 is 2.85 bits per heavy atom. The van der Waals surface area contributed by atoms with Crippen molar-refractivity contribution in [2.24, 2.45) is 0 Å². The minimum absolute atomic E-state index is 0.927. The zero-order valence-electron chi connectivity index (χ0n) is 6.99. The summed E-state index contributed by atoms with van der Waals surface area (Å²) in [6.07, 6.45) is 3.59. The Hall–Kier alpha value is -0.740. The van der Waals surface area contributed by atoms with E-state index in [4.69, 9.17) is 0 Å². The smallest absolute Gasteiger partial charge is 0.126 e. The number of hydrogen-bond acceptors (Lipinski definition) is 3. The molecule has 0 amide bonds. The summed E-state index contributed by atoms with van der Waals surface area (Å²) in [5.41, 5.74) is 1.07. The second-order valence-electron chi connectivity index (χ2n) is 2.61. The number of rotatable bonds is 1. The summed E-state index contributed by atoms with van der Waals surface area (Å²) >= 11 is 5.06. The summed E-state index contributed by atoms with van der Waals surface area (Å²) in [7, 11) is 0.